The molecule has 0 saturated heterocycles. The number of hydrogen-bond acceptors (Lipinski definition) is 1. The molecule has 150 valence electrons. The zero-order valence-electron chi connectivity index (χ0n) is 18.4. The molecule has 0 aliphatic rings. The highest BCUT2D eigenvalue weighted by molar-refractivity contribution is 5.64. The summed E-state index contributed by atoms with van der Waals surface area (Å²) in [6.45, 7) is 8.65. The van der Waals surface area contributed by atoms with Crippen LogP contribution in [-0.2, 0) is 12.8 Å². The van der Waals surface area contributed by atoms with Crippen molar-refractivity contribution in [1.82, 2.24) is 4.98 Å². The maximum absolute atomic E-state index is 5.07. The molecule has 0 spiro atoms. The van der Waals surface area contributed by atoms with Crippen molar-refractivity contribution in [3.8, 4) is 11.1 Å². The van der Waals surface area contributed by atoms with Crippen LogP contribution < -0.4 is 0 Å². The normalized spacial score (nSPS) is 10.9. The van der Waals surface area contributed by atoms with Gasteiger partial charge in [-0.1, -0.05) is 89.0 Å². The second-order valence-electron chi connectivity index (χ2n) is 8.55. The van der Waals surface area contributed by atoms with Crippen LogP contribution in [0.15, 0.2) is 78.9 Å². The third kappa shape index (κ3) is 5.04. The SMILES string of the molecule is Cc1cc(C)cc(Cc2cc(-c3ccccc3)cc(Cc3cc(C)cc(C)c3)n2)c1. The van der Waals surface area contributed by atoms with Crippen molar-refractivity contribution in [2.45, 2.75) is 40.5 Å². The van der Waals surface area contributed by atoms with E-state index in [0.29, 0.717) is 0 Å². The van der Waals surface area contributed by atoms with E-state index in [1.54, 1.807) is 0 Å². The summed E-state index contributed by atoms with van der Waals surface area (Å²) in [6.07, 6.45) is 1.70. The summed E-state index contributed by atoms with van der Waals surface area (Å²) in [5.74, 6) is 0. The molecule has 1 heteroatoms. The zero-order chi connectivity index (χ0) is 21.1. The lowest BCUT2D eigenvalue weighted by molar-refractivity contribution is 0.989. The predicted molar refractivity (Wildman–Crippen MR) is 127 cm³/mol. The highest BCUT2D eigenvalue weighted by atomic mass is 14.7. The monoisotopic (exact) mass is 391 g/mol. The van der Waals surface area contributed by atoms with Gasteiger partial charge in [0, 0.05) is 24.2 Å². The summed E-state index contributed by atoms with van der Waals surface area (Å²) in [6, 6.07) is 28.7. The Balaban J connectivity index is 1.74. The average Bonchev–Trinajstić information content (AvgIpc) is 2.67. The molecule has 0 bridgehead atoms. The van der Waals surface area contributed by atoms with Gasteiger partial charge >= 0.3 is 0 Å². The Morgan fingerprint density at radius 2 is 0.933 bits per heavy atom. The number of aromatic nitrogens is 1. The van der Waals surface area contributed by atoms with Gasteiger partial charge in [-0.05, 0) is 62.1 Å². The second-order valence-corrected chi connectivity index (χ2v) is 8.55. The van der Waals surface area contributed by atoms with Crippen molar-refractivity contribution < 1.29 is 0 Å². The van der Waals surface area contributed by atoms with Crippen LogP contribution in [0.4, 0.5) is 0 Å². The third-order valence-electron chi connectivity index (χ3n) is 5.37. The highest BCUT2D eigenvalue weighted by Gasteiger charge is 2.08. The minimum atomic E-state index is 0.850. The number of hydrogen-bond donors (Lipinski definition) is 0. The van der Waals surface area contributed by atoms with Crippen molar-refractivity contribution in [2.75, 3.05) is 0 Å². The smallest absolute Gasteiger partial charge is 0.0457 e. The molecule has 4 rings (SSSR count). The summed E-state index contributed by atoms with van der Waals surface area (Å²) in [5, 5.41) is 0. The Morgan fingerprint density at radius 3 is 1.37 bits per heavy atom. The van der Waals surface area contributed by atoms with E-state index in [2.05, 4.69) is 107 Å². The molecule has 0 unspecified atom stereocenters. The van der Waals surface area contributed by atoms with Gasteiger partial charge in [0.2, 0.25) is 0 Å². The van der Waals surface area contributed by atoms with E-state index in [0.717, 1.165) is 24.2 Å². The van der Waals surface area contributed by atoms with Crippen molar-refractivity contribution in [3.63, 3.8) is 0 Å². The third-order valence-corrected chi connectivity index (χ3v) is 5.37. The fourth-order valence-electron chi connectivity index (χ4n) is 4.39. The van der Waals surface area contributed by atoms with Gasteiger partial charge in [0.15, 0.2) is 0 Å². The topological polar surface area (TPSA) is 12.9 Å². The number of nitrogens with zero attached hydrogens (tertiary/aromatic N) is 1. The van der Waals surface area contributed by atoms with Gasteiger partial charge in [-0.3, -0.25) is 4.98 Å². The Morgan fingerprint density at radius 1 is 0.500 bits per heavy atom. The van der Waals surface area contributed by atoms with E-state index in [-0.39, 0.29) is 0 Å². The first-order valence-corrected chi connectivity index (χ1v) is 10.6. The van der Waals surface area contributed by atoms with Crippen LogP contribution in [0.3, 0.4) is 0 Å². The van der Waals surface area contributed by atoms with Crippen LogP contribution in [0.5, 0.6) is 0 Å². The lowest BCUT2D eigenvalue weighted by Gasteiger charge is -2.12. The quantitative estimate of drug-likeness (QED) is 0.351. The molecule has 0 N–H and O–H groups in total. The molecule has 1 aromatic heterocycles. The van der Waals surface area contributed by atoms with Gasteiger partial charge in [0.25, 0.3) is 0 Å². The van der Waals surface area contributed by atoms with Gasteiger partial charge in [-0.2, -0.15) is 0 Å². The maximum atomic E-state index is 5.07. The number of rotatable bonds is 5. The molecule has 0 aliphatic heterocycles. The molecule has 4 aromatic rings. The first kappa shape index (κ1) is 20.1. The number of aryl methyl sites for hydroxylation is 4. The largest absolute Gasteiger partial charge is 0.257 e. The van der Waals surface area contributed by atoms with E-state index in [4.69, 9.17) is 4.98 Å². The first-order chi connectivity index (χ1) is 14.4. The molecule has 0 saturated carbocycles. The van der Waals surface area contributed by atoms with Crippen LogP contribution in [0.1, 0.15) is 44.8 Å². The fraction of sp³-hybridized carbons (Fsp3) is 0.207. The molecule has 0 amide bonds. The van der Waals surface area contributed by atoms with Crippen LogP contribution in [0.25, 0.3) is 11.1 Å². The van der Waals surface area contributed by atoms with Crippen LogP contribution >= 0.6 is 0 Å². The van der Waals surface area contributed by atoms with Gasteiger partial charge in [0.05, 0.1) is 0 Å². The summed E-state index contributed by atoms with van der Waals surface area (Å²) >= 11 is 0. The highest BCUT2D eigenvalue weighted by Crippen LogP contribution is 2.24. The lowest BCUT2D eigenvalue weighted by atomic mass is 9.98. The second kappa shape index (κ2) is 8.67. The summed E-state index contributed by atoms with van der Waals surface area (Å²) in [5.41, 5.74) is 12.6. The Labute approximate surface area is 180 Å². The van der Waals surface area contributed by atoms with Crippen molar-refractivity contribution in [3.05, 3.63) is 124 Å². The van der Waals surface area contributed by atoms with E-state index >= 15 is 0 Å². The van der Waals surface area contributed by atoms with Gasteiger partial charge in [-0.25, -0.2) is 0 Å². The number of pyridine rings is 1. The molecule has 0 radical (unpaired) electrons. The van der Waals surface area contributed by atoms with E-state index in [1.807, 2.05) is 0 Å². The summed E-state index contributed by atoms with van der Waals surface area (Å²) < 4.78 is 0. The van der Waals surface area contributed by atoms with Gasteiger partial charge in [-0.15, -0.1) is 0 Å². The van der Waals surface area contributed by atoms with E-state index in [1.165, 1.54) is 44.5 Å². The van der Waals surface area contributed by atoms with Gasteiger partial charge in [0.1, 0.15) is 0 Å². The molecule has 3 aromatic carbocycles. The molecular formula is C29H29N. The molecule has 0 aliphatic carbocycles. The summed E-state index contributed by atoms with van der Waals surface area (Å²) in [7, 11) is 0. The average molecular weight is 392 g/mol. The molecule has 0 atom stereocenters. The molecule has 0 fully saturated rings. The van der Waals surface area contributed by atoms with Crippen LogP contribution in [0, 0.1) is 27.7 Å². The Hall–Kier alpha value is -3.19. The molecule has 30 heavy (non-hydrogen) atoms. The standard InChI is InChI=1S/C29H29N/c1-20-10-21(2)13-24(12-20)16-28-18-27(26-8-6-5-7-9-26)19-29(30-28)17-25-14-22(3)11-23(4)15-25/h5-15,18-19H,16-17H2,1-4H3. The fourth-order valence-corrected chi connectivity index (χ4v) is 4.39. The van der Waals surface area contributed by atoms with E-state index < -0.39 is 0 Å². The maximum Gasteiger partial charge on any atom is 0.0457 e. The Kier molecular flexibility index (Phi) is 5.81. The van der Waals surface area contributed by atoms with Crippen LogP contribution in [-0.4, -0.2) is 4.98 Å². The molecular weight excluding hydrogens is 362 g/mol. The van der Waals surface area contributed by atoms with Crippen molar-refractivity contribution in [1.29, 1.82) is 0 Å². The van der Waals surface area contributed by atoms with Crippen molar-refractivity contribution in [2.24, 2.45) is 0 Å². The summed E-state index contributed by atoms with van der Waals surface area (Å²) in [4.78, 5) is 5.07. The minimum Gasteiger partial charge on any atom is -0.257 e. The number of benzene rings is 3. The first-order valence-electron chi connectivity index (χ1n) is 10.6. The lowest BCUT2D eigenvalue weighted by Crippen LogP contribution is -2.01. The van der Waals surface area contributed by atoms with E-state index in [9.17, 15) is 0 Å². The Bertz CT molecular complexity index is 1060. The molecule has 1 heterocycles. The predicted octanol–water partition coefficient (Wildman–Crippen LogP) is 7.16. The van der Waals surface area contributed by atoms with Gasteiger partial charge < -0.3 is 0 Å². The minimum absolute atomic E-state index is 0.850. The molecule has 1 nitrogen and oxygen atoms in total. The zero-order valence-corrected chi connectivity index (χ0v) is 18.4. The van der Waals surface area contributed by atoms with Crippen molar-refractivity contribution >= 4 is 0 Å². The van der Waals surface area contributed by atoms with Crippen LogP contribution in [0.2, 0.25) is 0 Å².